The summed E-state index contributed by atoms with van der Waals surface area (Å²) in [5.74, 6) is -2.51. The van der Waals surface area contributed by atoms with Gasteiger partial charge in [-0.3, -0.25) is 9.59 Å². The van der Waals surface area contributed by atoms with Gasteiger partial charge in [-0.1, -0.05) is 0 Å². The third kappa shape index (κ3) is 15.8. The van der Waals surface area contributed by atoms with Gasteiger partial charge in [-0.25, -0.2) is 9.59 Å². The molecule has 0 atom stereocenters. The van der Waals surface area contributed by atoms with Crippen LogP contribution in [0.25, 0.3) is 0 Å². The molecule has 0 saturated heterocycles. The zero-order chi connectivity index (χ0) is 14.6. The lowest BCUT2D eigenvalue weighted by atomic mass is 10.5. The van der Waals surface area contributed by atoms with E-state index in [1.165, 1.54) is 14.2 Å². The maximum absolute atomic E-state index is 10.2. The monoisotopic (exact) mass is 258 g/mol. The number of ether oxygens (including phenoxy) is 2. The second kappa shape index (κ2) is 10.9. The summed E-state index contributed by atoms with van der Waals surface area (Å²) < 4.78 is 8.33. The van der Waals surface area contributed by atoms with Crippen molar-refractivity contribution in [3.05, 3.63) is 24.3 Å². The highest BCUT2D eigenvalue weighted by atomic mass is 16.5. The zero-order valence-electron chi connectivity index (χ0n) is 9.91. The molecule has 18 heavy (non-hydrogen) atoms. The van der Waals surface area contributed by atoms with E-state index in [2.05, 4.69) is 20.9 Å². The molecule has 0 aromatic rings. The molecule has 2 amide bonds. The van der Waals surface area contributed by atoms with E-state index in [-0.39, 0.29) is 0 Å². The molecule has 0 bridgehead atoms. The molecule has 4 N–H and O–H groups in total. The Morgan fingerprint density at radius 1 is 0.722 bits per heavy atom. The molecule has 0 aliphatic carbocycles. The Kier molecular flexibility index (Phi) is 10.7. The minimum Gasteiger partial charge on any atom is -0.466 e. The molecule has 0 aliphatic heterocycles. The summed E-state index contributed by atoms with van der Waals surface area (Å²) >= 11 is 0. The molecule has 0 radical (unpaired) electrons. The Bertz CT molecular complexity index is 337. The smallest absolute Gasteiger partial charge is 0.330 e. The molecule has 0 unspecified atom stereocenters. The highest BCUT2D eigenvalue weighted by Gasteiger charge is 1.91. The van der Waals surface area contributed by atoms with Crippen molar-refractivity contribution in [2.45, 2.75) is 0 Å². The Labute approximate surface area is 103 Å². The predicted molar refractivity (Wildman–Crippen MR) is 60.7 cm³/mol. The number of hydrogen-bond donors (Lipinski definition) is 2. The van der Waals surface area contributed by atoms with Gasteiger partial charge in [-0.2, -0.15) is 0 Å². The van der Waals surface area contributed by atoms with Gasteiger partial charge in [0.25, 0.3) is 0 Å². The Morgan fingerprint density at radius 3 is 1.17 bits per heavy atom. The first-order valence-electron chi connectivity index (χ1n) is 4.44. The molecule has 0 fully saturated rings. The van der Waals surface area contributed by atoms with Crippen LogP contribution in [0, 0.1) is 0 Å². The van der Waals surface area contributed by atoms with E-state index in [1.54, 1.807) is 0 Å². The fourth-order valence-corrected chi connectivity index (χ4v) is 0.436. The summed E-state index contributed by atoms with van der Waals surface area (Å²) in [7, 11) is 2.43. The molecule has 0 rings (SSSR count). The first-order valence-corrected chi connectivity index (χ1v) is 4.44. The van der Waals surface area contributed by atoms with E-state index in [4.69, 9.17) is 0 Å². The van der Waals surface area contributed by atoms with Gasteiger partial charge in [0.15, 0.2) is 0 Å². The first kappa shape index (κ1) is 17.7. The van der Waals surface area contributed by atoms with E-state index < -0.39 is 23.8 Å². The Hall–Kier alpha value is -2.64. The van der Waals surface area contributed by atoms with Crippen LogP contribution in [0.5, 0.6) is 0 Å². The third-order valence-electron chi connectivity index (χ3n) is 1.17. The van der Waals surface area contributed by atoms with E-state index in [9.17, 15) is 19.2 Å². The molecular weight excluding hydrogens is 244 g/mol. The maximum Gasteiger partial charge on any atom is 0.330 e. The second-order valence-corrected chi connectivity index (χ2v) is 2.52. The van der Waals surface area contributed by atoms with E-state index in [0.717, 1.165) is 24.3 Å². The number of amides is 2. The summed E-state index contributed by atoms with van der Waals surface area (Å²) in [5, 5.41) is 0. The van der Waals surface area contributed by atoms with Crippen molar-refractivity contribution in [1.29, 1.82) is 0 Å². The quantitative estimate of drug-likeness (QED) is 0.460. The molecule has 0 spiro atoms. The zero-order valence-corrected chi connectivity index (χ0v) is 9.91. The normalized spacial score (nSPS) is 9.44. The van der Waals surface area contributed by atoms with Gasteiger partial charge in [-0.05, 0) is 0 Å². The largest absolute Gasteiger partial charge is 0.466 e. The number of carbonyl (C=O) groups excluding carboxylic acids is 4. The van der Waals surface area contributed by atoms with Crippen molar-refractivity contribution >= 4 is 23.8 Å². The van der Waals surface area contributed by atoms with E-state index in [0.29, 0.717) is 0 Å². The van der Waals surface area contributed by atoms with Crippen LogP contribution >= 0.6 is 0 Å². The van der Waals surface area contributed by atoms with Crippen molar-refractivity contribution in [2.24, 2.45) is 11.5 Å². The van der Waals surface area contributed by atoms with Gasteiger partial charge in [0.1, 0.15) is 0 Å². The van der Waals surface area contributed by atoms with Crippen LogP contribution in [0.3, 0.4) is 0 Å². The number of nitrogens with two attached hydrogens (primary N) is 2. The number of hydrogen-bond acceptors (Lipinski definition) is 6. The van der Waals surface area contributed by atoms with Crippen LogP contribution < -0.4 is 11.5 Å². The average molecular weight is 258 g/mol. The van der Waals surface area contributed by atoms with Crippen molar-refractivity contribution < 1.29 is 28.7 Å². The summed E-state index contributed by atoms with van der Waals surface area (Å²) in [6.45, 7) is 0. The molecule has 0 aromatic carbocycles. The van der Waals surface area contributed by atoms with Crippen molar-refractivity contribution in [3.8, 4) is 0 Å². The number of carbonyl (C=O) groups is 4. The molecule has 8 heteroatoms. The lowest BCUT2D eigenvalue weighted by molar-refractivity contribution is -0.135. The van der Waals surface area contributed by atoms with Crippen LogP contribution in [0.2, 0.25) is 0 Å². The van der Waals surface area contributed by atoms with Crippen molar-refractivity contribution in [1.82, 2.24) is 0 Å². The number of rotatable bonds is 4. The predicted octanol–water partition coefficient (Wildman–Crippen LogP) is -1.60. The number of primary amides is 2. The van der Waals surface area contributed by atoms with Gasteiger partial charge in [-0.15, -0.1) is 0 Å². The summed E-state index contributed by atoms with van der Waals surface area (Å²) in [4.78, 5) is 40.3. The number of esters is 2. The van der Waals surface area contributed by atoms with Crippen LogP contribution in [0.15, 0.2) is 24.3 Å². The van der Waals surface area contributed by atoms with Gasteiger partial charge in [0.05, 0.1) is 14.2 Å². The first-order chi connectivity index (χ1) is 8.33. The highest BCUT2D eigenvalue weighted by Crippen LogP contribution is 1.75. The highest BCUT2D eigenvalue weighted by molar-refractivity contribution is 5.94. The SMILES string of the molecule is COC(=O)/C=C\C(N)=O.COC(=O)/C=C\C(N)=O. The standard InChI is InChI=1S/2C5H7NO3/c2*1-9-5(8)3-2-4(6)7/h2*2-3H,1H3,(H2,6,7)/b2*3-2-. The third-order valence-corrected chi connectivity index (χ3v) is 1.17. The Morgan fingerprint density at radius 2 is 1.00 bits per heavy atom. The van der Waals surface area contributed by atoms with Crippen LogP contribution in [-0.4, -0.2) is 38.0 Å². The minimum atomic E-state index is -0.666. The molecule has 0 aliphatic rings. The lowest BCUT2D eigenvalue weighted by Crippen LogP contribution is -2.07. The maximum atomic E-state index is 10.2. The van der Waals surface area contributed by atoms with Crippen molar-refractivity contribution in [2.75, 3.05) is 14.2 Å². The summed E-state index contributed by atoms with van der Waals surface area (Å²) in [6.07, 6.45) is 3.79. The van der Waals surface area contributed by atoms with Gasteiger partial charge in [0, 0.05) is 24.3 Å². The average Bonchev–Trinajstić information content (AvgIpc) is 2.33. The number of methoxy groups -OCH3 is 2. The van der Waals surface area contributed by atoms with Gasteiger partial charge >= 0.3 is 11.9 Å². The molecule has 8 nitrogen and oxygen atoms in total. The van der Waals surface area contributed by atoms with Crippen LogP contribution in [0.1, 0.15) is 0 Å². The minimum absolute atomic E-state index is 0.589. The van der Waals surface area contributed by atoms with Crippen LogP contribution in [0.4, 0.5) is 0 Å². The van der Waals surface area contributed by atoms with Crippen LogP contribution in [-0.2, 0) is 28.7 Å². The second-order valence-electron chi connectivity index (χ2n) is 2.52. The molecule has 0 saturated carbocycles. The topological polar surface area (TPSA) is 139 Å². The molecule has 0 heterocycles. The fraction of sp³-hybridized carbons (Fsp3) is 0.200. The molecule has 100 valence electrons. The van der Waals surface area contributed by atoms with Gasteiger partial charge in [0.2, 0.25) is 11.8 Å². The molecular formula is C10H14N2O6. The fourth-order valence-electron chi connectivity index (χ4n) is 0.436. The summed E-state index contributed by atoms with van der Waals surface area (Å²) in [6, 6.07) is 0. The van der Waals surface area contributed by atoms with Gasteiger partial charge < -0.3 is 20.9 Å². The van der Waals surface area contributed by atoms with E-state index >= 15 is 0 Å². The van der Waals surface area contributed by atoms with E-state index in [1.807, 2.05) is 0 Å². The molecule has 0 aromatic heterocycles. The summed E-state index contributed by atoms with van der Waals surface area (Å²) in [5.41, 5.74) is 9.32. The van der Waals surface area contributed by atoms with Crippen molar-refractivity contribution in [3.63, 3.8) is 0 Å². The lowest BCUT2D eigenvalue weighted by Gasteiger charge is -1.86. The Balaban J connectivity index is 0.